The zero-order valence-electron chi connectivity index (χ0n) is 11.4. The molecular weight excluding hydrogens is 317 g/mol. The molecule has 116 valence electrons. The number of benzene rings is 1. The van der Waals surface area contributed by atoms with E-state index in [2.05, 4.69) is 4.72 Å². The lowest BCUT2D eigenvalue weighted by Gasteiger charge is -2.18. The average Bonchev–Trinajstić information content (AvgIpc) is 3.29. The third-order valence-electron chi connectivity index (χ3n) is 4.09. The Morgan fingerprint density at radius 3 is 2.33 bits per heavy atom. The number of hydrogen-bond acceptors (Lipinski definition) is 3. The van der Waals surface area contributed by atoms with Crippen LogP contribution in [-0.2, 0) is 16.6 Å². The maximum absolute atomic E-state index is 14.2. The molecule has 0 heterocycles. The summed E-state index contributed by atoms with van der Waals surface area (Å²) in [5, 5.41) is 9.19. The lowest BCUT2D eigenvalue weighted by Crippen LogP contribution is -2.38. The molecule has 21 heavy (non-hydrogen) atoms. The van der Waals surface area contributed by atoms with Crippen LogP contribution in [0.5, 0.6) is 0 Å². The molecule has 2 fully saturated rings. The van der Waals surface area contributed by atoms with Gasteiger partial charge in [0.15, 0.2) is 0 Å². The van der Waals surface area contributed by atoms with Gasteiger partial charge in [-0.05, 0) is 49.7 Å². The summed E-state index contributed by atoms with van der Waals surface area (Å²) in [6.45, 7) is -0.594. The van der Waals surface area contributed by atoms with E-state index in [1.165, 1.54) is 6.07 Å². The van der Waals surface area contributed by atoms with E-state index in [4.69, 9.17) is 16.7 Å². The smallest absolute Gasteiger partial charge is 0.243 e. The summed E-state index contributed by atoms with van der Waals surface area (Å²) in [6.07, 6.45) is 4.07. The zero-order valence-corrected chi connectivity index (χ0v) is 12.9. The molecule has 0 saturated heterocycles. The van der Waals surface area contributed by atoms with Gasteiger partial charge >= 0.3 is 0 Å². The normalized spacial score (nSPS) is 19.2. The molecule has 7 heteroatoms. The number of rotatable bonds is 6. The van der Waals surface area contributed by atoms with Gasteiger partial charge in [-0.25, -0.2) is 17.5 Å². The second-order valence-electron chi connectivity index (χ2n) is 5.86. The first-order valence-electron chi connectivity index (χ1n) is 7.03. The van der Waals surface area contributed by atoms with Crippen LogP contribution in [0, 0.1) is 17.7 Å². The van der Waals surface area contributed by atoms with Gasteiger partial charge in [-0.1, -0.05) is 11.6 Å². The second-order valence-corrected chi connectivity index (χ2v) is 7.98. The van der Waals surface area contributed by atoms with Gasteiger partial charge in [0.25, 0.3) is 0 Å². The largest absolute Gasteiger partial charge is 0.392 e. The van der Waals surface area contributed by atoms with Crippen LogP contribution < -0.4 is 4.72 Å². The van der Waals surface area contributed by atoms with Crippen LogP contribution in [0.15, 0.2) is 17.0 Å². The fourth-order valence-corrected chi connectivity index (χ4v) is 4.48. The van der Waals surface area contributed by atoms with Crippen LogP contribution in [-0.4, -0.2) is 19.6 Å². The molecule has 0 amide bonds. The Morgan fingerprint density at radius 2 is 1.86 bits per heavy atom. The summed E-state index contributed by atoms with van der Waals surface area (Å²) >= 11 is 5.82. The van der Waals surface area contributed by atoms with Crippen molar-refractivity contribution in [3.8, 4) is 0 Å². The van der Waals surface area contributed by atoms with Crippen molar-refractivity contribution in [1.82, 2.24) is 4.72 Å². The van der Waals surface area contributed by atoms with Crippen LogP contribution in [0.25, 0.3) is 0 Å². The Morgan fingerprint density at radius 1 is 1.29 bits per heavy atom. The highest BCUT2D eigenvalue weighted by Crippen LogP contribution is 2.45. The van der Waals surface area contributed by atoms with Crippen molar-refractivity contribution >= 4 is 21.6 Å². The van der Waals surface area contributed by atoms with Crippen LogP contribution in [0.3, 0.4) is 0 Å². The van der Waals surface area contributed by atoms with Crippen LogP contribution in [0.4, 0.5) is 4.39 Å². The Balaban J connectivity index is 1.92. The predicted molar refractivity (Wildman–Crippen MR) is 76.9 cm³/mol. The van der Waals surface area contributed by atoms with Crippen LogP contribution in [0.1, 0.15) is 31.2 Å². The van der Waals surface area contributed by atoms with E-state index in [1.54, 1.807) is 0 Å². The maximum atomic E-state index is 14.2. The van der Waals surface area contributed by atoms with Crippen molar-refractivity contribution in [1.29, 1.82) is 0 Å². The summed E-state index contributed by atoms with van der Waals surface area (Å²) in [7, 11) is -3.98. The molecule has 2 aliphatic rings. The minimum atomic E-state index is -3.98. The highest BCUT2D eigenvalue weighted by molar-refractivity contribution is 7.89. The summed E-state index contributed by atoms with van der Waals surface area (Å²) in [5.74, 6) is -0.196. The molecule has 0 spiro atoms. The van der Waals surface area contributed by atoms with Crippen molar-refractivity contribution in [2.24, 2.45) is 11.8 Å². The van der Waals surface area contributed by atoms with E-state index < -0.39 is 27.3 Å². The van der Waals surface area contributed by atoms with Crippen LogP contribution >= 0.6 is 11.6 Å². The number of hydrogen-bond donors (Lipinski definition) is 2. The summed E-state index contributed by atoms with van der Waals surface area (Å²) in [4.78, 5) is -0.481. The highest BCUT2D eigenvalue weighted by Gasteiger charge is 2.43. The van der Waals surface area contributed by atoms with Crippen LogP contribution in [0.2, 0.25) is 5.02 Å². The molecule has 0 bridgehead atoms. The van der Waals surface area contributed by atoms with Gasteiger partial charge in [-0.3, -0.25) is 0 Å². The van der Waals surface area contributed by atoms with Gasteiger partial charge in [0.2, 0.25) is 10.0 Å². The van der Waals surface area contributed by atoms with E-state index in [0.717, 1.165) is 31.7 Å². The topological polar surface area (TPSA) is 66.4 Å². The maximum Gasteiger partial charge on any atom is 0.243 e. The Kier molecular flexibility index (Phi) is 3.98. The molecule has 3 rings (SSSR count). The molecule has 1 aromatic rings. The molecule has 4 nitrogen and oxygen atoms in total. The first-order valence-corrected chi connectivity index (χ1v) is 8.89. The molecule has 0 aliphatic heterocycles. The Hall–Kier alpha value is -0.690. The minimum absolute atomic E-state index is 0.0928. The quantitative estimate of drug-likeness (QED) is 0.840. The molecule has 2 N–H and O–H groups in total. The SMILES string of the molecule is O=S(=O)(NC(C1CC1)C1CC1)c1cc(Cl)cc(CO)c1F. The first-order chi connectivity index (χ1) is 9.92. The lowest BCUT2D eigenvalue weighted by molar-refractivity contribution is 0.274. The van der Waals surface area contributed by atoms with Crippen molar-refractivity contribution < 1.29 is 17.9 Å². The zero-order chi connectivity index (χ0) is 15.2. The van der Waals surface area contributed by atoms with E-state index in [0.29, 0.717) is 11.8 Å². The van der Waals surface area contributed by atoms with Crippen molar-refractivity contribution in [2.45, 2.75) is 43.2 Å². The average molecular weight is 334 g/mol. The molecule has 1 aromatic carbocycles. The monoisotopic (exact) mass is 333 g/mol. The van der Waals surface area contributed by atoms with Gasteiger partial charge in [0.1, 0.15) is 10.7 Å². The van der Waals surface area contributed by atoms with E-state index >= 15 is 0 Å². The van der Waals surface area contributed by atoms with Crippen molar-refractivity contribution in [3.05, 3.63) is 28.5 Å². The van der Waals surface area contributed by atoms with Gasteiger partial charge in [0, 0.05) is 16.6 Å². The van der Waals surface area contributed by atoms with E-state index in [1.807, 2.05) is 0 Å². The summed E-state index contributed by atoms with van der Waals surface area (Å²) in [6, 6.07) is 2.22. The molecule has 2 saturated carbocycles. The van der Waals surface area contributed by atoms with Crippen molar-refractivity contribution in [3.63, 3.8) is 0 Å². The van der Waals surface area contributed by atoms with Gasteiger partial charge in [-0.2, -0.15) is 0 Å². The first kappa shape index (κ1) is 15.2. The fraction of sp³-hybridized carbons (Fsp3) is 0.571. The molecule has 0 unspecified atom stereocenters. The molecule has 0 atom stereocenters. The van der Waals surface area contributed by atoms with Gasteiger partial charge in [0.05, 0.1) is 6.61 Å². The van der Waals surface area contributed by atoms with E-state index in [-0.39, 0.29) is 16.6 Å². The number of aliphatic hydroxyl groups excluding tert-OH is 1. The Bertz CT molecular complexity index is 644. The summed E-state index contributed by atoms with van der Waals surface area (Å²) < 4.78 is 41.8. The molecule has 0 radical (unpaired) electrons. The van der Waals surface area contributed by atoms with Gasteiger partial charge < -0.3 is 5.11 Å². The highest BCUT2D eigenvalue weighted by atomic mass is 35.5. The fourth-order valence-electron chi connectivity index (χ4n) is 2.66. The molecule has 2 aliphatic carbocycles. The number of sulfonamides is 1. The Labute approximate surface area is 128 Å². The van der Waals surface area contributed by atoms with Gasteiger partial charge in [-0.15, -0.1) is 0 Å². The minimum Gasteiger partial charge on any atom is -0.392 e. The number of halogens is 2. The molecular formula is C14H17ClFNO3S. The van der Waals surface area contributed by atoms with Crippen molar-refractivity contribution in [2.75, 3.05) is 0 Å². The lowest BCUT2D eigenvalue weighted by atomic mass is 10.1. The number of aliphatic hydroxyl groups is 1. The molecule has 0 aromatic heterocycles. The summed E-state index contributed by atoms with van der Waals surface area (Å²) in [5.41, 5.74) is -0.114. The number of nitrogens with one attached hydrogen (secondary N) is 1. The third kappa shape index (κ3) is 3.23. The van der Waals surface area contributed by atoms with E-state index in [9.17, 15) is 12.8 Å². The third-order valence-corrected chi connectivity index (χ3v) is 5.77. The predicted octanol–water partition coefficient (Wildman–Crippen LogP) is 2.44. The standard InChI is InChI=1S/C14H17ClFNO3S/c15-11-5-10(7-18)13(16)12(6-11)21(19,20)17-14(8-1-2-8)9-3-4-9/h5-6,8-9,14,17-18H,1-4,7H2. The second kappa shape index (κ2) is 5.50.